The highest BCUT2D eigenvalue weighted by atomic mass is 127. The Kier molecular flexibility index (Phi) is 4.50. The molecule has 0 radical (unpaired) electrons. The number of anilines is 1. The highest BCUT2D eigenvalue weighted by Gasteiger charge is 2.10. The monoisotopic (exact) mass is 365 g/mol. The van der Waals surface area contributed by atoms with Gasteiger partial charge in [-0.1, -0.05) is 31.6 Å². The summed E-state index contributed by atoms with van der Waals surface area (Å²) in [5.74, 6) is 0. The third-order valence-electron chi connectivity index (χ3n) is 3.44. The lowest BCUT2D eigenvalue weighted by Gasteiger charge is -2.14. The summed E-state index contributed by atoms with van der Waals surface area (Å²) < 4.78 is 1.35. The molecule has 1 N–H and O–H groups in total. The van der Waals surface area contributed by atoms with E-state index in [1.807, 2.05) is 7.05 Å². The molecule has 0 unspecified atom stereocenters. The molecule has 2 aromatic rings. The smallest absolute Gasteiger partial charge is 0.0350 e. The van der Waals surface area contributed by atoms with Crippen molar-refractivity contribution in [1.29, 1.82) is 0 Å². The molecule has 0 saturated heterocycles. The molecule has 100 valence electrons. The summed E-state index contributed by atoms with van der Waals surface area (Å²) in [6.07, 6.45) is 2.29. The van der Waals surface area contributed by atoms with Crippen molar-refractivity contribution in [3.05, 3.63) is 45.5 Å². The topological polar surface area (TPSA) is 12.0 Å². The lowest BCUT2D eigenvalue weighted by molar-refractivity contribution is 0.924. The molecule has 0 amide bonds. The molecule has 2 heteroatoms. The van der Waals surface area contributed by atoms with Crippen molar-refractivity contribution < 1.29 is 0 Å². The molecule has 0 aliphatic carbocycles. The number of allylic oxidation sites excluding steroid dienone is 1. The first-order valence-electron chi connectivity index (χ1n) is 6.67. The first kappa shape index (κ1) is 14.4. The number of rotatable bonds is 4. The SMILES string of the molecule is C=C(C)c1cc(NC)cc2c(CCC)c(I)ccc12. The van der Waals surface area contributed by atoms with Gasteiger partial charge in [-0.3, -0.25) is 0 Å². The Labute approximate surface area is 129 Å². The van der Waals surface area contributed by atoms with Gasteiger partial charge < -0.3 is 5.32 Å². The van der Waals surface area contributed by atoms with Gasteiger partial charge in [0.15, 0.2) is 0 Å². The number of hydrogen-bond acceptors (Lipinski definition) is 1. The van der Waals surface area contributed by atoms with Crippen LogP contribution in [0.1, 0.15) is 31.4 Å². The van der Waals surface area contributed by atoms with Crippen molar-refractivity contribution in [3.8, 4) is 0 Å². The summed E-state index contributed by atoms with van der Waals surface area (Å²) >= 11 is 2.44. The quantitative estimate of drug-likeness (QED) is 0.709. The molecule has 0 heterocycles. The van der Waals surface area contributed by atoms with Crippen LogP contribution in [0.2, 0.25) is 0 Å². The number of aryl methyl sites for hydroxylation is 1. The Morgan fingerprint density at radius 3 is 2.58 bits per heavy atom. The molecule has 0 saturated carbocycles. The number of benzene rings is 2. The molecule has 0 fully saturated rings. The van der Waals surface area contributed by atoms with Crippen LogP contribution in [0.15, 0.2) is 30.8 Å². The molecular weight excluding hydrogens is 345 g/mol. The molecular formula is C17H20IN. The lowest BCUT2D eigenvalue weighted by Crippen LogP contribution is -1.96. The van der Waals surface area contributed by atoms with Gasteiger partial charge in [0.25, 0.3) is 0 Å². The fourth-order valence-corrected chi connectivity index (χ4v) is 3.21. The van der Waals surface area contributed by atoms with Crippen molar-refractivity contribution in [2.45, 2.75) is 26.7 Å². The normalized spacial score (nSPS) is 10.7. The van der Waals surface area contributed by atoms with Gasteiger partial charge in [-0.05, 0) is 76.0 Å². The second kappa shape index (κ2) is 5.95. The first-order valence-corrected chi connectivity index (χ1v) is 7.75. The van der Waals surface area contributed by atoms with Crippen LogP contribution in [-0.2, 0) is 6.42 Å². The van der Waals surface area contributed by atoms with E-state index in [4.69, 9.17) is 0 Å². The third-order valence-corrected chi connectivity index (χ3v) is 4.45. The van der Waals surface area contributed by atoms with Gasteiger partial charge >= 0.3 is 0 Å². The van der Waals surface area contributed by atoms with Crippen LogP contribution < -0.4 is 5.32 Å². The zero-order valence-corrected chi connectivity index (χ0v) is 14.0. The highest BCUT2D eigenvalue weighted by Crippen LogP contribution is 2.33. The van der Waals surface area contributed by atoms with Gasteiger partial charge in [0.2, 0.25) is 0 Å². The van der Waals surface area contributed by atoms with Crippen LogP contribution in [-0.4, -0.2) is 7.05 Å². The second-order valence-electron chi connectivity index (χ2n) is 4.93. The maximum Gasteiger partial charge on any atom is 0.0350 e. The van der Waals surface area contributed by atoms with Gasteiger partial charge in [0.1, 0.15) is 0 Å². The summed E-state index contributed by atoms with van der Waals surface area (Å²) in [6, 6.07) is 8.89. The Balaban J connectivity index is 2.84. The van der Waals surface area contributed by atoms with E-state index in [0.29, 0.717) is 0 Å². The maximum absolute atomic E-state index is 4.12. The largest absolute Gasteiger partial charge is 0.388 e. The van der Waals surface area contributed by atoms with Crippen LogP contribution in [0.5, 0.6) is 0 Å². The summed E-state index contributed by atoms with van der Waals surface area (Å²) in [7, 11) is 1.97. The van der Waals surface area contributed by atoms with E-state index in [1.165, 1.54) is 31.9 Å². The number of nitrogens with one attached hydrogen (secondary N) is 1. The predicted octanol–water partition coefficient (Wildman–Crippen LogP) is 5.47. The van der Waals surface area contributed by atoms with E-state index in [9.17, 15) is 0 Å². The van der Waals surface area contributed by atoms with Crippen LogP contribution >= 0.6 is 22.6 Å². The van der Waals surface area contributed by atoms with E-state index in [-0.39, 0.29) is 0 Å². The van der Waals surface area contributed by atoms with Crippen molar-refractivity contribution in [3.63, 3.8) is 0 Å². The average Bonchev–Trinajstić information content (AvgIpc) is 2.40. The van der Waals surface area contributed by atoms with Gasteiger partial charge in [-0.25, -0.2) is 0 Å². The van der Waals surface area contributed by atoms with Crippen LogP contribution in [0.3, 0.4) is 0 Å². The first-order chi connectivity index (χ1) is 9.08. The van der Waals surface area contributed by atoms with Crippen molar-refractivity contribution >= 4 is 44.6 Å². The maximum atomic E-state index is 4.12. The van der Waals surface area contributed by atoms with Gasteiger partial charge in [-0.2, -0.15) is 0 Å². The number of fused-ring (bicyclic) bond motifs is 1. The Hall–Kier alpha value is -1.03. The molecule has 19 heavy (non-hydrogen) atoms. The molecule has 0 aromatic heterocycles. The Morgan fingerprint density at radius 2 is 2.00 bits per heavy atom. The average molecular weight is 365 g/mol. The van der Waals surface area contributed by atoms with Crippen LogP contribution in [0, 0.1) is 3.57 Å². The van der Waals surface area contributed by atoms with Gasteiger partial charge in [-0.15, -0.1) is 0 Å². The fourth-order valence-electron chi connectivity index (χ4n) is 2.47. The lowest BCUT2D eigenvalue weighted by atomic mass is 9.94. The van der Waals surface area contributed by atoms with Crippen LogP contribution in [0.25, 0.3) is 16.3 Å². The molecule has 0 aliphatic rings. The second-order valence-corrected chi connectivity index (χ2v) is 6.09. The molecule has 0 atom stereocenters. The Morgan fingerprint density at radius 1 is 1.26 bits per heavy atom. The minimum Gasteiger partial charge on any atom is -0.388 e. The van der Waals surface area contributed by atoms with E-state index < -0.39 is 0 Å². The third kappa shape index (κ3) is 2.78. The van der Waals surface area contributed by atoms with E-state index >= 15 is 0 Å². The molecule has 2 aromatic carbocycles. The summed E-state index contributed by atoms with van der Waals surface area (Å²) in [5.41, 5.74) is 4.98. The summed E-state index contributed by atoms with van der Waals surface area (Å²) in [5, 5.41) is 5.93. The number of hydrogen-bond donors (Lipinski definition) is 1. The molecule has 0 bridgehead atoms. The van der Waals surface area contributed by atoms with Gasteiger partial charge in [0.05, 0.1) is 0 Å². The minimum atomic E-state index is 1.12. The van der Waals surface area contributed by atoms with Crippen molar-refractivity contribution in [1.82, 2.24) is 0 Å². The van der Waals surface area contributed by atoms with E-state index in [2.05, 4.69) is 72.6 Å². The van der Waals surface area contributed by atoms with E-state index in [1.54, 1.807) is 0 Å². The van der Waals surface area contributed by atoms with Gasteiger partial charge in [0, 0.05) is 16.3 Å². The predicted molar refractivity (Wildman–Crippen MR) is 94.9 cm³/mol. The Bertz CT molecular complexity index is 629. The number of halogens is 1. The molecule has 1 nitrogen and oxygen atoms in total. The molecule has 0 spiro atoms. The summed E-state index contributed by atoms with van der Waals surface area (Å²) in [4.78, 5) is 0. The van der Waals surface area contributed by atoms with Crippen molar-refractivity contribution in [2.75, 3.05) is 12.4 Å². The zero-order valence-electron chi connectivity index (χ0n) is 11.8. The highest BCUT2D eigenvalue weighted by molar-refractivity contribution is 14.1. The zero-order chi connectivity index (χ0) is 14.0. The standard InChI is InChI=1S/C17H20IN/c1-5-6-14-16-10-12(19-4)9-15(11(2)3)13(16)7-8-17(14)18/h7-10,19H,2,5-6H2,1,3-4H3. The van der Waals surface area contributed by atoms with E-state index in [0.717, 1.165) is 17.7 Å². The minimum absolute atomic E-state index is 1.12. The fraction of sp³-hybridized carbons (Fsp3) is 0.294. The summed E-state index contributed by atoms with van der Waals surface area (Å²) in [6.45, 7) is 8.43. The molecule has 2 rings (SSSR count). The van der Waals surface area contributed by atoms with Crippen LogP contribution in [0.4, 0.5) is 5.69 Å². The van der Waals surface area contributed by atoms with Crippen molar-refractivity contribution in [2.24, 2.45) is 0 Å². The molecule has 0 aliphatic heterocycles.